The average Bonchev–Trinajstić information content (AvgIpc) is 3.64. The van der Waals surface area contributed by atoms with Crippen LogP contribution in [0.3, 0.4) is 0 Å². The van der Waals surface area contributed by atoms with Crippen LogP contribution in [0.1, 0.15) is 63.3 Å². The van der Waals surface area contributed by atoms with E-state index in [9.17, 15) is 9.59 Å². The molecule has 5 aromatic rings. The molecule has 3 heterocycles. The van der Waals surface area contributed by atoms with E-state index < -0.39 is 0 Å². The number of aromatic amines is 1. The molecule has 200 valence electrons. The number of H-pyrrole nitrogens is 1. The van der Waals surface area contributed by atoms with Crippen molar-refractivity contribution in [3.8, 4) is 22.5 Å². The Morgan fingerprint density at radius 3 is 2.26 bits per heavy atom. The first-order valence-electron chi connectivity index (χ1n) is 13.8. The van der Waals surface area contributed by atoms with Gasteiger partial charge in [-0.15, -0.1) is 10.2 Å². The van der Waals surface area contributed by atoms with Gasteiger partial charge in [0.15, 0.2) is 11.2 Å². The Hall–Kier alpha value is -4.34. The van der Waals surface area contributed by atoms with Gasteiger partial charge in [-0.2, -0.15) is 5.21 Å². The molecule has 0 unspecified atom stereocenters. The standard InChI is InChI=1S/C29H32N8O2/c1-3-35-27-24(28(38)36(4-2)29(35)39)37(26(30-27)21-10-6-5-7-11-21)18-19-14-16-20(17-15-19)22-12-8-9-13-23(22)25-31-33-34-32-25/h8-9,12-17,21H,3-7,10-11,18H2,1-2H3,(H,31,32,33,34). The molecule has 0 saturated heterocycles. The number of fused-ring (bicyclic) bond motifs is 1. The van der Waals surface area contributed by atoms with E-state index in [0.29, 0.717) is 36.6 Å². The molecule has 0 amide bonds. The zero-order chi connectivity index (χ0) is 26.9. The molecule has 10 heteroatoms. The number of benzene rings is 2. The second-order valence-corrected chi connectivity index (χ2v) is 10.1. The number of hydrogen-bond donors (Lipinski definition) is 1. The van der Waals surface area contributed by atoms with Crippen molar-refractivity contribution in [2.45, 2.75) is 71.5 Å². The van der Waals surface area contributed by atoms with Gasteiger partial charge in [0.25, 0.3) is 5.56 Å². The highest BCUT2D eigenvalue weighted by atomic mass is 16.2. The van der Waals surface area contributed by atoms with E-state index in [1.54, 1.807) is 4.57 Å². The Bertz CT molecular complexity index is 1720. The summed E-state index contributed by atoms with van der Waals surface area (Å²) in [5.74, 6) is 1.75. The van der Waals surface area contributed by atoms with Crippen LogP contribution in [0.5, 0.6) is 0 Å². The molecule has 0 radical (unpaired) electrons. The summed E-state index contributed by atoms with van der Waals surface area (Å²) in [7, 11) is 0. The molecule has 0 atom stereocenters. The smallest absolute Gasteiger partial charge is 0.317 e. The largest absolute Gasteiger partial charge is 0.332 e. The Morgan fingerprint density at radius 2 is 1.59 bits per heavy atom. The van der Waals surface area contributed by atoms with Crippen molar-refractivity contribution in [3.63, 3.8) is 0 Å². The predicted octanol–water partition coefficient (Wildman–Crippen LogP) is 4.34. The van der Waals surface area contributed by atoms with Gasteiger partial charge in [0.05, 0.1) is 0 Å². The second-order valence-electron chi connectivity index (χ2n) is 10.1. The Balaban J connectivity index is 1.45. The highest BCUT2D eigenvalue weighted by Crippen LogP contribution is 2.34. The fourth-order valence-electron chi connectivity index (χ4n) is 5.88. The number of aryl methyl sites for hydroxylation is 1. The summed E-state index contributed by atoms with van der Waals surface area (Å²) in [5, 5.41) is 14.5. The van der Waals surface area contributed by atoms with Gasteiger partial charge in [-0.05, 0) is 48.6 Å². The Morgan fingerprint density at radius 1 is 0.872 bits per heavy atom. The number of rotatable bonds is 7. The minimum absolute atomic E-state index is 0.262. The maximum absolute atomic E-state index is 13.6. The summed E-state index contributed by atoms with van der Waals surface area (Å²) < 4.78 is 5.04. The van der Waals surface area contributed by atoms with Crippen molar-refractivity contribution in [1.82, 2.24) is 39.3 Å². The minimum atomic E-state index is -0.290. The lowest BCUT2D eigenvalue weighted by Gasteiger charge is -2.22. The summed E-state index contributed by atoms with van der Waals surface area (Å²) in [6.07, 6.45) is 5.64. The summed E-state index contributed by atoms with van der Waals surface area (Å²) in [5.41, 5.74) is 4.48. The minimum Gasteiger partial charge on any atom is -0.317 e. The van der Waals surface area contributed by atoms with Crippen LogP contribution in [0, 0.1) is 0 Å². The molecule has 1 fully saturated rings. The third kappa shape index (κ3) is 4.39. The summed E-state index contributed by atoms with van der Waals surface area (Å²) in [6, 6.07) is 16.3. The van der Waals surface area contributed by atoms with Gasteiger partial charge in [-0.25, -0.2) is 9.78 Å². The number of tetrazole rings is 1. The van der Waals surface area contributed by atoms with E-state index in [2.05, 4.69) is 49.5 Å². The first-order valence-corrected chi connectivity index (χ1v) is 13.8. The van der Waals surface area contributed by atoms with Crippen LogP contribution in [-0.2, 0) is 19.6 Å². The lowest BCUT2D eigenvalue weighted by Crippen LogP contribution is -2.40. The topological polar surface area (TPSA) is 116 Å². The molecular weight excluding hydrogens is 492 g/mol. The Labute approximate surface area is 225 Å². The van der Waals surface area contributed by atoms with E-state index in [1.807, 2.05) is 38.1 Å². The molecule has 0 aliphatic heterocycles. The predicted molar refractivity (Wildman–Crippen MR) is 150 cm³/mol. The number of nitrogens with zero attached hydrogens (tertiary/aromatic N) is 7. The SMILES string of the molecule is CCn1c(=O)c2c(nc(C3CCCCC3)n2Cc2ccc(-c3ccccc3-c3nn[nH]n3)cc2)n(CC)c1=O. The summed E-state index contributed by atoms with van der Waals surface area (Å²) >= 11 is 0. The fourth-order valence-corrected chi connectivity index (χ4v) is 5.88. The maximum atomic E-state index is 13.6. The summed E-state index contributed by atoms with van der Waals surface area (Å²) in [4.78, 5) is 31.7. The molecule has 2 aromatic carbocycles. The van der Waals surface area contributed by atoms with Crippen molar-refractivity contribution in [2.24, 2.45) is 0 Å². The molecule has 1 saturated carbocycles. The van der Waals surface area contributed by atoms with Crippen LogP contribution in [-0.4, -0.2) is 39.3 Å². The number of nitrogens with one attached hydrogen (secondary N) is 1. The van der Waals surface area contributed by atoms with E-state index in [-0.39, 0.29) is 17.2 Å². The van der Waals surface area contributed by atoms with Crippen LogP contribution >= 0.6 is 0 Å². The zero-order valence-electron chi connectivity index (χ0n) is 22.3. The number of hydrogen-bond acceptors (Lipinski definition) is 6. The Kier molecular flexibility index (Phi) is 6.68. The first kappa shape index (κ1) is 25.0. The average molecular weight is 525 g/mol. The molecule has 6 rings (SSSR count). The second kappa shape index (κ2) is 10.4. The monoisotopic (exact) mass is 524 g/mol. The van der Waals surface area contributed by atoms with Crippen molar-refractivity contribution in [2.75, 3.05) is 0 Å². The third-order valence-corrected chi connectivity index (χ3v) is 7.87. The van der Waals surface area contributed by atoms with Gasteiger partial charge >= 0.3 is 5.69 Å². The van der Waals surface area contributed by atoms with E-state index in [1.165, 1.54) is 11.0 Å². The molecule has 39 heavy (non-hydrogen) atoms. The van der Waals surface area contributed by atoms with E-state index >= 15 is 0 Å². The molecular formula is C29H32N8O2. The van der Waals surface area contributed by atoms with Gasteiger partial charge in [-0.3, -0.25) is 13.9 Å². The molecule has 10 nitrogen and oxygen atoms in total. The van der Waals surface area contributed by atoms with Crippen molar-refractivity contribution in [1.29, 1.82) is 0 Å². The van der Waals surface area contributed by atoms with Gasteiger partial charge in [0, 0.05) is 31.1 Å². The lowest BCUT2D eigenvalue weighted by atomic mass is 9.88. The maximum Gasteiger partial charge on any atom is 0.332 e. The normalized spacial score (nSPS) is 14.3. The van der Waals surface area contributed by atoms with Crippen LogP contribution in [0.4, 0.5) is 0 Å². The van der Waals surface area contributed by atoms with Crippen LogP contribution in [0.15, 0.2) is 58.1 Å². The van der Waals surface area contributed by atoms with Crippen molar-refractivity contribution in [3.05, 3.63) is 80.8 Å². The van der Waals surface area contributed by atoms with E-state index in [4.69, 9.17) is 4.98 Å². The van der Waals surface area contributed by atoms with Crippen LogP contribution in [0.25, 0.3) is 33.7 Å². The van der Waals surface area contributed by atoms with Gasteiger partial charge in [0.1, 0.15) is 5.82 Å². The van der Waals surface area contributed by atoms with E-state index in [0.717, 1.165) is 53.8 Å². The lowest BCUT2D eigenvalue weighted by molar-refractivity contribution is 0.420. The molecule has 0 bridgehead atoms. The van der Waals surface area contributed by atoms with Crippen LogP contribution in [0.2, 0.25) is 0 Å². The van der Waals surface area contributed by atoms with Gasteiger partial charge in [0.2, 0.25) is 5.82 Å². The first-order chi connectivity index (χ1) is 19.1. The zero-order valence-corrected chi connectivity index (χ0v) is 22.3. The van der Waals surface area contributed by atoms with Crippen molar-refractivity contribution < 1.29 is 0 Å². The summed E-state index contributed by atoms with van der Waals surface area (Å²) in [6.45, 7) is 5.06. The molecule has 3 aromatic heterocycles. The van der Waals surface area contributed by atoms with Crippen LogP contribution < -0.4 is 11.2 Å². The molecule has 1 aliphatic rings. The number of aromatic nitrogens is 8. The highest BCUT2D eigenvalue weighted by Gasteiger charge is 2.26. The van der Waals surface area contributed by atoms with Gasteiger partial charge in [-0.1, -0.05) is 67.8 Å². The fraction of sp³-hybridized carbons (Fsp3) is 0.379. The third-order valence-electron chi connectivity index (χ3n) is 7.87. The van der Waals surface area contributed by atoms with Crippen molar-refractivity contribution >= 4 is 11.2 Å². The molecule has 0 spiro atoms. The number of imidazole rings is 1. The molecule has 1 N–H and O–H groups in total. The highest BCUT2D eigenvalue weighted by molar-refractivity contribution is 5.80. The quantitative estimate of drug-likeness (QED) is 0.339. The molecule has 1 aliphatic carbocycles. The van der Waals surface area contributed by atoms with Gasteiger partial charge < -0.3 is 4.57 Å².